The van der Waals surface area contributed by atoms with Crippen molar-refractivity contribution in [1.82, 2.24) is 10.2 Å². The Morgan fingerprint density at radius 2 is 1.72 bits per heavy atom. The van der Waals surface area contributed by atoms with Crippen molar-refractivity contribution in [3.8, 4) is 0 Å². The number of hydrogen-bond donors (Lipinski definition) is 1. The van der Waals surface area contributed by atoms with Gasteiger partial charge in [0.2, 0.25) is 0 Å². The predicted octanol–water partition coefficient (Wildman–Crippen LogP) is 1.86. The summed E-state index contributed by atoms with van der Waals surface area (Å²) < 4.78 is 0. The Balaban J connectivity index is 2.17. The van der Waals surface area contributed by atoms with Crippen molar-refractivity contribution in [1.29, 1.82) is 0 Å². The first kappa shape index (κ1) is 13.2. The van der Waals surface area contributed by atoms with E-state index >= 15 is 0 Å². The molecule has 0 atom stereocenters. The Labute approximate surface area is 109 Å². The number of carbonyl (C=O) groups is 1. The van der Waals surface area contributed by atoms with Crippen molar-refractivity contribution in [3.05, 3.63) is 35.4 Å². The molecule has 1 saturated heterocycles. The fraction of sp³-hybridized carbons (Fsp3) is 0.533. The quantitative estimate of drug-likeness (QED) is 0.826. The lowest BCUT2D eigenvalue weighted by atomic mass is 9.90. The second kappa shape index (κ2) is 5.21. The summed E-state index contributed by atoms with van der Waals surface area (Å²) in [6, 6.07) is 7.87. The van der Waals surface area contributed by atoms with Crippen LogP contribution in [0.4, 0.5) is 0 Å². The van der Waals surface area contributed by atoms with Crippen LogP contribution in [0, 0.1) is 6.92 Å². The van der Waals surface area contributed by atoms with Gasteiger partial charge in [0.05, 0.1) is 5.54 Å². The van der Waals surface area contributed by atoms with E-state index in [1.807, 2.05) is 45.0 Å². The number of piperazine rings is 1. The van der Waals surface area contributed by atoms with Gasteiger partial charge in [-0.2, -0.15) is 0 Å². The number of Topliss-reactive ketones (excluding diaryl/α,β-unsaturated/α-hetero) is 1. The Morgan fingerprint density at radius 3 is 2.28 bits per heavy atom. The summed E-state index contributed by atoms with van der Waals surface area (Å²) in [5, 5.41) is 3.32. The monoisotopic (exact) mass is 246 g/mol. The largest absolute Gasteiger partial charge is 0.314 e. The third-order valence-corrected chi connectivity index (χ3v) is 3.78. The molecule has 0 aliphatic carbocycles. The van der Waals surface area contributed by atoms with Gasteiger partial charge in [0.25, 0.3) is 0 Å². The minimum Gasteiger partial charge on any atom is -0.314 e. The molecule has 1 aromatic rings. The molecule has 1 fully saturated rings. The topological polar surface area (TPSA) is 32.3 Å². The molecule has 2 rings (SSSR count). The summed E-state index contributed by atoms with van der Waals surface area (Å²) in [6.45, 7) is 9.89. The van der Waals surface area contributed by atoms with Crippen LogP contribution in [0.3, 0.4) is 0 Å². The second-order valence-corrected chi connectivity index (χ2v) is 5.49. The molecule has 1 heterocycles. The third-order valence-electron chi connectivity index (χ3n) is 3.78. The maximum atomic E-state index is 12.6. The third kappa shape index (κ3) is 2.62. The lowest BCUT2D eigenvalue weighted by molar-refractivity contribution is 0.0602. The summed E-state index contributed by atoms with van der Waals surface area (Å²) in [5.41, 5.74) is 1.58. The van der Waals surface area contributed by atoms with E-state index < -0.39 is 5.54 Å². The minimum atomic E-state index is -0.419. The van der Waals surface area contributed by atoms with E-state index in [1.165, 1.54) is 5.56 Å². The molecular formula is C15H22N2O. The van der Waals surface area contributed by atoms with E-state index in [9.17, 15) is 4.79 Å². The Morgan fingerprint density at radius 1 is 1.17 bits per heavy atom. The molecule has 1 aliphatic rings. The second-order valence-electron chi connectivity index (χ2n) is 5.49. The Bertz CT molecular complexity index is 417. The molecule has 98 valence electrons. The van der Waals surface area contributed by atoms with Gasteiger partial charge in [0, 0.05) is 31.7 Å². The number of benzene rings is 1. The molecule has 0 saturated carbocycles. The number of ketones is 1. The lowest BCUT2D eigenvalue weighted by Crippen LogP contribution is -2.57. The van der Waals surface area contributed by atoms with Crippen LogP contribution in [0.25, 0.3) is 0 Å². The van der Waals surface area contributed by atoms with Gasteiger partial charge in [-0.1, -0.05) is 29.8 Å². The van der Waals surface area contributed by atoms with Crippen LogP contribution in [0.15, 0.2) is 24.3 Å². The summed E-state index contributed by atoms with van der Waals surface area (Å²) in [4.78, 5) is 14.9. The van der Waals surface area contributed by atoms with Crippen molar-refractivity contribution in [3.63, 3.8) is 0 Å². The first-order chi connectivity index (χ1) is 8.51. The van der Waals surface area contributed by atoms with Crippen molar-refractivity contribution in [2.75, 3.05) is 26.2 Å². The molecule has 0 bridgehead atoms. The molecule has 3 nitrogen and oxygen atoms in total. The van der Waals surface area contributed by atoms with Gasteiger partial charge in [-0.25, -0.2) is 0 Å². The summed E-state index contributed by atoms with van der Waals surface area (Å²) >= 11 is 0. The highest BCUT2D eigenvalue weighted by atomic mass is 16.1. The van der Waals surface area contributed by atoms with Gasteiger partial charge in [-0.15, -0.1) is 0 Å². The zero-order valence-electron chi connectivity index (χ0n) is 11.5. The molecule has 0 amide bonds. The van der Waals surface area contributed by atoms with Gasteiger partial charge < -0.3 is 5.32 Å². The maximum absolute atomic E-state index is 12.6. The fourth-order valence-corrected chi connectivity index (χ4v) is 2.43. The highest BCUT2D eigenvalue weighted by Crippen LogP contribution is 2.21. The van der Waals surface area contributed by atoms with Crippen molar-refractivity contribution in [2.45, 2.75) is 26.3 Å². The van der Waals surface area contributed by atoms with Crippen LogP contribution in [0.2, 0.25) is 0 Å². The SMILES string of the molecule is Cc1ccc(C(=O)C(C)(C)N2CCNCC2)cc1. The molecule has 1 N–H and O–H groups in total. The normalized spacial score (nSPS) is 17.7. The maximum Gasteiger partial charge on any atom is 0.182 e. The van der Waals surface area contributed by atoms with Crippen LogP contribution >= 0.6 is 0 Å². The fourth-order valence-electron chi connectivity index (χ4n) is 2.43. The molecular weight excluding hydrogens is 224 g/mol. The average Bonchev–Trinajstić information content (AvgIpc) is 2.40. The highest BCUT2D eigenvalue weighted by Gasteiger charge is 2.35. The van der Waals surface area contributed by atoms with Crippen molar-refractivity contribution in [2.24, 2.45) is 0 Å². The molecule has 1 aromatic carbocycles. The number of carbonyl (C=O) groups excluding carboxylic acids is 1. The summed E-state index contributed by atoms with van der Waals surface area (Å²) in [7, 11) is 0. The minimum absolute atomic E-state index is 0.212. The average molecular weight is 246 g/mol. The molecule has 0 aromatic heterocycles. The Kier molecular flexibility index (Phi) is 3.83. The molecule has 0 radical (unpaired) electrons. The van der Waals surface area contributed by atoms with Gasteiger partial charge in [0.1, 0.15) is 0 Å². The van der Waals surface area contributed by atoms with E-state index in [1.54, 1.807) is 0 Å². The van der Waals surface area contributed by atoms with Crippen LogP contribution in [0.1, 0.15) is 29.8 Å². The lowest BCUT2D eigenvalue weighted by Gasteiger charge is -2.40. The number of nitrogens with zero attached hydrogens (tertiary/aromatic N) is 1. The van der Waals surface area contributed by atoms with E-state index in [4.69, 9.17) is 0 Å². The van der Waals surface area contributed by atoms with E-state index in [0.29, 0.717) is 0 Å². The molecule has 1 aliphatic heterocycles. The number of aryl methyl sites for hydroxylation is 1. The summed E-state index contributed by atoms with van der Waals surface area (Å²) in [5.74, 6) is 0.212. The molecule has 0 spiro atoms. The van der Waals surface area contributed by atoms with Crippen LogP contribution in [-0.4, -0.2) is 42.4 Å². The standard InChI is InChI=1S/C15H22N2O/c1-12-4-6-13(7-5-12)14(18)15(2,3)17-10-8-16-9-11-17/h4-7,16H,8-11H2,1-3H3. The smallest absolute Gasteiger partial charge is 0.182 e. The zero-order chi connectivity index (χ0) is 13.2. The van der Waals surface area contributed by atoms with E-state index in [2.05, 4.69) is 10.2 Å². The predicted molar refractivity (Wildman–Crippen MR) is 74.0 cm³/mol. The van der Waals surface area contributed by atoms with Gasteiger partial charge in [-0.3, -0.25) is 9.69 Å². The van der Waals surface area contributed by atoms with Crippen LogP contribution in [-0.2, 0) is 0 Å². The molecule has 3 heteroatoms. The summed E-state index contributed by atoms with van der Waals surface area (Å²) in [6.07, 6.45) is 0. The number of rotatable bonds is 3. The number of nitrogens with one attached hydrogen (secondary N) is 1. The van der Waals surface area contributed by atoms with Crippen LogP contribution < -0.4 is 5.32 Å². The van der Waals surface area contributed by atoms with Crippen molar-refractivity contribution >= 4 is 5.78 Å². The molecule has 18 heavy (non-hydrogen) atoms. The highest BCUT2D eigenvalue weighted by molar-refractivity contribution is 6.02. The van der Waals surface area contributed by atoms with E-state index in [-0.39, 0.29) is 5.78 Å². The van der Waals surface area contributed by atoms with Gasteiger partial charge >= 0.3 is 0 Å². The first-order valence-electron chi connectivity index (χ1n) is 6.59. The van der Waals surface area contributed by atoms with Crippen molar-refractivity contribution < 1.29 is 4.79 Å². The van der Waals surface area contributed by atoms with Crippen LogP contribution in [0.5, 0.6) is 0 Å². The Hall–Kier alpha value is -1.19. The number of hydrogen-bond acceptors (Lipinski definition) is 3. The molecule has 0 unspecified atom stereocenters. The van der Waals surface area contributed by atoms with Gasteiger partial charge in [-0.05, 0) is 20.8 Å². The van der Waals surface area contributed by atoms with Gasteiger partial charge in [0.15, 0.2) is 5.78 Å². The van der Waals surface area contributed by atoms with E-state index in [0.717, 1.165) is 31.7 Å². The first-order valence-corrected chi connectivity index (χ1v) is 6.59. The zero-order valence-corrected chi connectivity index (χ0v) is 11.5.